The van der Waals surface area contributed by atoms with E-state index >= 15 is 0 Å². The number of aromatic nitrogens is 1. The highest BCUT2D eigenvalue weighted by molar-refractivity contribution is 14.0. The second-order valence-corrected chi connectivity index (χ2v) is 7.50. The van der Waals surface area contributed by atoms with Gasteiger partial charge in [-0.3, -0.25) is 4.99 Å². The number of hydrogen-bond acceptors (Lipinski definition) is 5. The fourth-order valence-electron chi connectivity index (χ4n) is 2.27. The Hall–Kier alpha value is -0.910. The van der Waals surface area contributed by atoms with Crippen LogP contribution in [-0.4, -0.2) is 50.2 Å². The third kappa shape index (κ3) is 7.92. The SMILES string of the molecule is CN=C(NCCOc1cccc(Br)c1)N(C)Cc1csc(C(C)OC)n1.I. The minimum atomic E-state index is 0. The monoisotopic (exact) mass is 568 g/mol. The van der Waals surface area contributed by atoms with Gasteiger partial charge in [-0.2, -0.15) is 0 Å². The molecule has 6 nitrogen and oxygen atoms in total. The second kappa shape index (κ2) is 12.5. The number of hydrogen-bond donors (Lipinski definition) is 1. The number of rotatable bonds is 8. The van der Waals surface area contributed by atoms with Crippen LogP contribution >= 0.6 is 51.2 Å². The zero-order valence-electron chi connectivity index (χ0n) is 15.9. The first kappa shape index (κ1) is 24.1. The Labute approximate surface area is 190 Å². The van der Waals surface area contributed by atoms with Crippen molar-refractivity contribution < 1.29 is 9.47 Å². The molecule has 0 saturated carbocycles. The van der Waals surface area contributed by atoms with Gasteiger partial charge in [0.15, 0.2) is 5.96 Å². The van der Waals surface area contributed by atoms with E-state index in [0.29, 0.717) is 19.7 Å². The van der Waals surface area contributed by atoms with E-state index in [4.69, 9.17) is 9.47 Å². The van der Waals surface area contributed by atoms with Crippen molar-refractivity contribution in [3.8, 4) is 5.75 Å². The Morgan fingerprint density at radius 3 is 2.89 bits per heavy atom. The summed E-state index contributed by atoms with van der Waals surface area (Å²) in [5.41, 5.74) is 1.00. The van der Waals surface area contributed by atoms with Gasteiger partial charge in [0.2, 0.25) is 0 Å². The lowest BCUT2D eigenvalue weighted by Crippen LogP contribution is -2.40. The summed E-state index contributed by atoms with van der Waals surface area (Å²) in [6.45, 7) is 3.89. The van der Waals surface area contributed by atoms with Crippen molar-refractivity contribution in [2.45, 2.75) is 19.6 Å². The van der Waals surface area contributed by atoms with E-state index in [1.165, 1.54) is 0 Å². The van der Waals surface area contributed by atoms with Gasteiger partial charge in [0.05, 0.1) is 18.8 Å². The quantitative estimate of drug-likeness (QED) is 0.222. The van der Waals surface area contributed by atoms with Gasteiger partial charge in [0.25, 0.3) is 0 Å². The fraction of sp³-hybridized carbons (Fsp3) is 0.444. The number of nitrogens with one attached hydrogen (secondary N) is 1. The molecular formula is C18H26BrIN4O2S. The summed E-state index contributed by atoms with van der Waals surface area (Å²) in [5, 5.41) is 6.35. The van der Waals surface area contributed by atoms with Crippen LogP contribution in [0.15, 0.2) is 39.1 Å². The van der Waals surface area contributed by atoms with Crippen molar-refractivity contribution in [1.29, 1.82) is 0 Å². The molecule has 0 radical (unpaired) electrons. The number of nitrogens with zero attached hydrogens (tertiary/aromatic N) is 3. The molecule has 0 fully saturated rings. The van der Waals surface area contributed by atoms with Crippen molar-refractivity contribution >= 4 is 57.2 Å². The molecule has 0 saturated heterocycles. The van der Waals surface area contributed by atoms with E-state index in [2.05, 4.69) is 36.6 Å². The molecule has 0 amide bonds. The molecule has 1 atom stereocenters. The lowest BCUT2D eigenvalue weighted by Gasteiger charge is -2.21. The normalized spacial score (nSPS) is 12.3. The maximum Gasteiger partial charge on any atom is 0.193 e. The largest absolute Gasteiger partial charge is 0.492 e. The van der Waals surface area contributed by atoms with Crippen molar-refractivity contribution in [3.05, 3.63) is 44.8 Å². The number of benzene rings is 1. The maximum absolute atomic E-state index is 5.73. The van der Waals surface area contributed by atoms with Gasteiger partial charge in [-0.25, -0.2) is 4.98 Å². The minimum absolute atomic E-state index is 0. The zero-order valence-corrected chi connectivity index (χ0v) is 20.7. The lowest BCUT2D eigenvalue weighted by atomic mass is 10.3. The highest BCUT2D eigenvalue weighted by atomic mass is 127. The maximum atomic E-state index is 5.73. The fourth-order valence-corrected chi connectivity index (χ4v) is 3.49. The van der Waals surface area contributed by atoms with Crippen molar-refractivity contribution in [3.63, 3.8) is 0 Å². The van der Waals surface area contributed by atoms with Crippen LogP contribution in [0.25, 0.3) is 0 Å². The average Bonchev–Trinajstić information content (AvgIpc) is 3.09. The van der Waals surface area contributed by atoms with Gasteiger partial charge in [-0.1, -0.05) is 22.0 Å². The molecule has 0 aliphatic heterocycles. The van der Waals surface area contributed by atoms with E-state index in [9.17, 15) is 0 Å². The molecule has 1 aromatic heterocycles. The van der Waals surface area contributed by atoms with Gasteiger partial charge in [0.1, 0.15) is 23.5 Å². The first-order chi connectivity index (χ1) is 12.5. The predicted octanol–water partition coefficient (Wildman–Crippen LogP) is 4.32. The molecule has 0 bridgehead atoms. The van der Waals surface area contributed by atoms with Crippen LogP contribution in [0.4, 0.5) is 0 Å². The van der Waals surface area contributed by atoms with Crippen LogP contribution in [0.5, 0.6) is 5.75 Å². The number of ether oxygens (including phenoxy) is 2. The molecule has 0 aliphatic rings. The summed E-state index contributed by atoms with van der Waals surface area (Å²) in [6.07, 6.45) is 0.0201. The summed E-state index contributed by atoms with van der Waals surface area (Å²) in [4.78, 5) is 11.0. The number of methoxy groups -OCH3 is 1. The summed E-state index contributed by atoms with van der Waals surface area (Å²) in [7, 11) is 5.45. The topological polar surface area (TPSA) is 59.0 Å². The molecule has 2 rings (SSSR count). The summed E-state index contributed by atoms with van der Waals surface area (Å²) in [6, 6.07) is 7.81. The van der Waals surface area contributed by atoms with E-state index in [1.807, 2.05) is 43.1 Å². The first-order valence-corrected chi connectivity index (χ1v) is 9.98. The molecule has 1 unspecified atom stereocenters. The molecular weight excluding hydrogens is 543 g/mol. The van der Waals surface area contributed by atoms with Crippen molar-refractivity contribution in [2.24, 2.45) is 4.99 Å². The van der Waals surface area contributed by atoms with Crippen molar-refractivity contribution in [1.82, 2.24) is 15.2 Å². The van der Waals surface area contributed by atoms with E-state index in [-0.39, 0.29) is 30.1 Å². The third-order valence-electron chi connectivity index (χ3n) is 3.69. The smallest absolute Gasteiger partial charge is 0.193 e. The van der Waals surface area contributed by atoms with Crippen molar-refractivity contribution in [2.75, 3.05) is 34.4 Å². The highest BCUT2D eigenvalue weighted by Crippen LogP contribution is 2.21. The highest BCUT2D eigenvalue weighted by Gasteiger charge is 2.12. The molecule has 9 heteroatoms. The van der Waals surface area contributed by atoms with Gasteiger partial charge in [0, 0.05) is 31.1 Å². The van der Waals surface area contributed by atoms with Crippen LogP contribution in [0.2, 0.25) is 0 Å². The Balaban J connectivity index is 0.00000364. The number of halogens is 2. The van der Waals surface area contributed by atoms with Crippen LogP contribution in [-0.2, 0) is 11.3 Å². The lowest BCUT2D eigenvalue weighted by molar-refractivity contribution is 0.119. The molecule has 1 aromatic carbocycles. The first-order valence-electron chi connectivity index (χ1n) is 8.30. The van der Waals surface area contributed by atoms with Crippen LogP contribution in [0.3, 0.4) is 0 Å². The molecule has 1 N–H and O–H groups in total. The van der Waals surface area contributed by atoms with E-state index < -0.39 is 0 Å². The van der Waals surface area contributed by atoms with Gasteiger partial charge >= 0.3 is 0 Å². The molecule has 0 aliphatic carbocycles. The Bertz CT molecular complexity index is 729. The summed E-state index contributed by atoms with van der Waals surface area (Å²) >= 11 is 5.05. The minimum Gasteiger partial charge on any atom is -0.492 e. The molecule has 1 heterocycles. The number of thiazole rings is 1. The predicted molar refractivity (Wildman–Crippen MR) is 125 cm³/mol. The standard InChI is InChI=1S/C18H25BrN4O2S.HI/c1-13(24-4)17-22-15(12-26-17)11-23(3)18(20-2)21-8-9-25-16-7-5-6-14(19)10-16;/h5-7,10,12-13H,8-9,11H2,1-4H3,(H,20,21);1H. The van der Waals surface area contributed by atoms with Gasteiger partial charge in [-0.05, 0) is 25.1 Å². The van der Waals surface area contributed by atoms with Crippen LogP contribution < -0.4 is 10.1 Å². The van der Waals surface area contributed by atoms with Gasteiger partial charge < -0.3 is 19.7 Å². The Morgan fingerprint density at radius 2 is 2.22 bits per heavy atom. The summed E-state index contributed by atoms with van der Waals surface area (Å²) in [5.74, 6) is 1.64. The van der Waals surface area contributed by atoms with E-state index in [1.54, 1.807) is 25.5 Å². The number of guanidine groups is 1. The molecule has 27 heavy (non-hydrogen) atoms. The molecule has 150 valence electrons. The van der Waals surface area contributed by atoms with Crippen LogP contribution in [0.1, 0.15) is 23.7 Å². The molecule has 0 spiro atoms. The molecule has 2 aromatic rings. The number of aliphatic imine (C=N–C) groups is 1. The Morgan fingerprint density at radius 1 is 1.44 bits per heavy atom. The Kier molecular flexibility index (Phi) is 11.2. The van der Waals surface area contributed by atoms with Crippen LogP contribution in [0, 0.1) is 0 Å². The zero-order chi connectivity index (χ0) is 18.9. The van der Waals surface area contributed by atoms with Gasteiger partial charge in [-0.15, -0.1) is 35.3 Å². The summed E-state index contributed by atoms with van der Waals surface area (Å²) < 4.78 is 12.0. The van der Waals surface area contributed by atoms with E-state index in [0.717, 1.165) is 26.9 Å². The second-order valence-electron chi connectivity index (χ2n) is 5.69. The average molecular weight is 569 g/mol. The third-order valence-corrected chi connectivity index (χ3v) is 5.24.